The number of aromatic nitrogens is 1. The van der Waals surface area contributed by atoms with Crippen LogP contribution in [0.4, 0.5) is 5.82 Å². The summed E-state index contributed by atoms with van der Waals surface area (Å²) in [5, 5.41) is 8.76. The summed E-state index contributed by atoms with van der Waals surface area (Å²) in [6, 6.07) is 2.51. The Morgan fingerprint density at radius 3 is 2.82 bits per heavy atom. The molecule has 0 saturated heterocycles. The number of sulfonamides is 1. The van der Waals surface area contributed by atoms with Gasteiger partial charge in [-0.3, -0.25) is 4.72 Å². The van der Waals surface area contributed by atoms with E-state index < -0.39 is 16.0 Å². The van der Waals surface area contributed by atoms with Gasteiger partial charge in [-0.1, -0.05) is 0 Å². The second-order valence-corrected chi connectivity index (χ2v) is 5.83. The van der Waals surface area contributed by atoms with Crippen LogP contribution >= 0.6 is 0 Å². The number of nitrogens with zero attached hydrogens (tertiary/aromatic N) is 1. The highest BCUT2D eigenvalue weighted by Crippen LogP contribution is 2.30. The van der Waals surface area contributed by atoms with Gasteiger partial charge in [0, 0.05) is 6.20 Å². The van der Waals surface area contributed by atoms with E-state index in [1.807, 2.05) is 0 Å². The predicted molar refractivity (Wildman–Crippen MR) is 61.3 cm³/mol. The van der Waals surface area contributed by atoms with E-state index in [4.69, 9.17) is 5.11 Å². The molecule has 7 heteroatoms. The normalized spacial score (nSPS) is 15.5. The molecule has 1 saturated carbocycles. The van der Waals surface area contributed by atoms with Gasteiger partial charge in [-0.2, -0.15) is 0 Å². The van der Waals surface area contributed by atoms with Gasteiger partial charge in [0.1, 0.15) is 5.82 Å². The second kappa shape index (κ2) is 4.33. The SMILES string of the molecule is O=C(O)c1ccnc(NS(=O)(=O)CC2CC2)c1. The molecule has 0 aliphatic heterocycles. The molecule has 0 atom stereocenters. The predicted octanol–water partition coefficient (Wildman–Crippen LogP) is 0.931. The van der Waals surface area contributed by atoms with Gasteiger partial charge < -0.3 is 5.11 Å². The number of aromatic carboxylic acids is 1. The number of hydrogen-bond acceptors (Lipinski definition) is 4. The van der Waals surface area contributed by atoms with E-state index >= 15 is 0 Å². The Kier molecular flexibility index (Phi) is 3.01. The Labute approximate surface area is 98.7 Å². The molecule has 6 nitrogen and oxygen atoms in total. The van der Waals surface area contributed by atoms with Crippen molar-refractivity contribution in [3.8, 4) is 0 Å². The number of carbonyl (C=O) groups is 1. The lowest BCUT2D eigenvalue weighted by molar-refractivity contribution is 0.0697. The molecule has 0 radical (unpaired) electrons. The Morgan fingerprint density at radius 1 is 1.53 bits per heavy atom. The minimum absolute atomic E-state index is 0.00382. The Balaban J connectivity index is 2.12. The van der Waals surface area contributed by atoms with Crippen LogP contribution in [0.25, 0.3) is 0 Å². The third-order valence-electron chi connectivity index (χ3n) is 2.42. The summed E-state index contributed by atoms with van der Waals surface area (Å²) < 4.78 is 25.5. The van der Waals surface area contributed by atoms with E-state index in [0.29, 0.717) is 0 Å². The molecule has 0 unspecified atom stereocenters. The maximum Gasteiger partial charge on any atom is 0.335 e. The molecular weight excluding hydrogens is 244 g/mol. The standard InChI is InChI=1S/C10H12N2O4S/c13-10(14)8-3-4-11-9(5-8)12-17(15,16)6-7-1-2-7/h3-5,7H,1-2,6H2,(H,11,12)(H,13,14). The molecule has 1 fully saturated rings. The monoisotopic (exact) mass is 256 g/mol. The molecule has 1 heterocycles. The van der Waals surface area contributed by atoms with E-state index in [-0.39, 0.29) is 23.1 Å². The summed E-state index contributed by atoms with van der Waals surface area (Å²) in [4.78, 5) is 14.5. The van der Waals surface area contributed by atoms with Crippen molar-refractivity contribution in [1.82, 2.24) is 4.98 Å². The lowest BCUT2D eigenvalue weighted by Crippen LogP contribution is -2.18. The Bertz CT molecular complexity index is 537. The van der Waals surface area contributed by atoms with E-state index in [1.54, 1.807) is 0 Å². The quantitative estimate of drug-likeness (QED) is 0.817. The third-order valence-corrected chi connectivity index (χ3v) is 3.85. The number of carboxylic acid groups (broad SMARTS) is 1. The first kappa shape index (κ1) is 11.8. The van der Waals surface area contributed by atoms with Crippen LogP contribution in [0.1, 0.15) is 23.2 Å². The van der Waals surface area contributed by atoms with Gasteiger partial charge in [0.15, 0.2) is 0 Å². The maximum atomic E-state index is 11.6. The highest BCUT2D eigenvalue weighted by atomic mass is 32.2. The molecule has 1 aliphatic rings. The summed E-state index contributed by atoms with van der Waals surface area (Å²) >= 11 is 0. The lowest BCUT2D eigenvalue weighted by Gasteiger charge is -2.06. The first-order valence-electron chi connectivity index (χ1n) is 5.16. The fourth-order valence-electron chi connectivity index (χ4n) is 1.42. The molecular formula is C10H12N2O4S. The zero-order chi connectivity index (χ0) is 12.5. The Hall–Kier alpha value is -1.63. The molecule has 0 amide bonds. The van der Waals surface area contributed by atoms with Crippen LogP contribution in [0.3, 0.4) is 0 Å². The number of hydrogen-bond donors (Lipinski definition) is 2. The van der Waals surface area contributed by atoms with Crippen LogP contribution in [-0.4, -0.2) is 30.2 Å². The average molecular weight is 256 g/mol. The molecule has 2 N–H and O–H groups in total. The van der Waals surface area contributed by atoms with Crippen molar-refractivity contribution in [1.29, 1.82) is 0 Å². The van der Waals surface area contributed by atoms with Gasteiger partial charge in [0.25, 0.3) is 0 Å². The minimum atomic E-state index is -3.42. The average Bonchev–Trinajstić information content (AvgIpc) is 3.00. The molecule has 0 spiro atoms. The van der Waals surface area contributed by atoms with Gasteiger partial charge in [0.2, 0.25) is 10.0 Å². The summed E-state index contributed by atoms with van der Waals surface area (Å²) in [7, 11) is -3.42. The zero-order valence-electron chi connectivity index (χ0n) is 8.96. The third kappa shape index (κ3) is 3.42. The van der Waals surface area contributed by atoms with Crippen LogP contribution < -0.4 is 4.72 Å². The number of rotatable bonds is 5. The smallest absolute Gasteiger partial charge is 0.335 e. The summed E-state index contributed by atoms with van der Waals surface area (Å²) in [5.74, 6) is -0.762. The first-order chi connectivity index (χ1) is 7.96. The first-order valence-corrected chi connectivity index (χ1v) is 6.81. The molecule has 0 bridgehead atoms. The fourth-order valence-corrected chi connectivity index (χ4v) is 2.88. The van der Waals surface area contributed by atoms with Crippen LogP contribution in [0.5, 0.6) is 0 Å². The summed E-state index contributed by atoms with van der Waals surface area (Å²) in [5.41, 5.74) is 0.00382. The van der Waals surface area contributed by atoms with Gasteiger partial charge in [-0.15, -0.1) is 0 Å². The lowest BCUT2D eigenvalue weighted by atomic mass is 10.3. The van der Waals surface area contributed by atoms with Crippen molar-refractivity contribution < 1.29 is 18.3 Å². The van der Waals surface area contributed by atoms with Crippen molar-refractivity contribution in [3.63, 3.8) is 0 Å². The summed E-state index contributed by atoms with van der Waals surface area (Å²) in [6.07, 6.45) is 3.13. The van der Waals surface area contributed by atoms with Crippen molar-refractivity contribution in [2.24, 2.45) is 5.92 Å². The highest BCUT2D eigenvalue weighted by molar-refractivity contribution is 7.92. The van der Waals surface area contributed by atoms with E-state index in [2.05, 4.69) is 9.71 Å². The number of pyridine rings is 1. The van der Waals surface area contributed by atoms with Gasteiger partial charge in [-0.05, 0) is 30.9 Å². The van der Waals surface area contributed by atoms with Crippen molar-refractivity contribution in [2.75, 3.05) is 10.5 Å². The number of nitrogens with one attached hydrogen (secondary N) is 1. The molecule has 1 aromatic rings. The van der Waals surface area contributed by atoms with Gasteiger partial charge in [0.05, 0.1) is 11.3 Å². The van der Waals surface area contributed by atoms with E-state index in [0.717, 1.165) is 12.8 Å². The van der Waals surface area contributed by atoms with Crippen LogP contribution in [-0.2, 0) is 10.0 Å². The van der Waals surface area contributed by atoms with Crippen molar-refractivity contribution in [2.45, 2.75) is 12.8 Å². The molecule has 1 aliphatic carbocycles. The molecule has 92 valence electrons. The summed E-state index contributed by atoms with van der Waals surface area (Å²) in [6.45, 7) is 0. The highest BCUT2D eigenvalue weighted by Gasteiger charge is 2.28. The molecule has 1 aromatic heterocycles. The van der Waals surface area contributed by atoms with E-state index in [1.165, 1.54) is 18.3 Å². The number of anilines is 1. The topological polar surface area (TPSA) is 96.4 Å². The second-order valence-electron chi connectivity index (χ2n) is 4.06. The minimum Gasteiger partial charge on any atom is -0.478 e. The van der Waals surface area contributed by atoms with Gasteiger partial charge in [-0.25, -0.2) is 18.2 Å². The van der Waals surface area contributed by atoms with Gasteiger partial charge >= 0.3 is 5.97 Å². The molecule has 2 rings (SSSR count). The van der Waals surface area contributed by atoms with Crippen LogP contribution in [0, 0.1) is 5.92 Å². The van der Waals surface area contributed by atoms with E-state index in [9.17, 15) is 13.2 Å². The van der Waals surface area contributed by atoms with Crippen LogP contribution in [0.2, 0.25) is 0 Å². The number of carboxylic acids is 1. The zero-order valence-corrected chi connectivity index (χ0v) is 9.77. The molecule has 0 aromatic carbocycles. The van der Waals surface area contributed by atoms with Crippen molar-refractivity contribution in [3.05, 3.63) is 23.9 Å². The van der Waals surface area contributed by atoms with Crippen LogP contribution in [0.15, 0.2) is 18.3 Å². The maximum absolute atomic E-state index is 11.6. The Morgan fingerprint density at radius 2 is 2.24 bits per heavy atom. The molecule has 17 heavy (non-hydrogen) atoms. The van der Waals surface area contributed by atoms with Crippen molar-refractivity contribution >= 4 is 21.8 Å². The fraction of sp³-hybridized carbons (Fsp3) is 0.400. The largest absolute Gasteiger partial charge is 0.478 e.